The van der Waals surface area contributed by atoms with E-state index in [1.165, 1.54) is 0 Å². The fourth-order valence-corrected chi connectivity index (χ4v) is 2.44. The van der Waals surface area contributed by atoms with E-state index in [1.54, 1.807) is 6.26 Å². The Morgan fingerprint density at radius 1 is 0.818 bits per heavy atom. The summed E-state index contributed by atoms with van der Waals surface area (Å²) in [5.74, 6) is 0.159. The predicted octanol–water partition coefficient (Wildman–Crippen LogP) is 3.53. The highest BCUT2D eigenvalue weighted by Gasteiger charge is 2.13. The minimum Gasteiger partial charge on any atom is -0.464 e. The second kappa shape index (κ2) is 4.96. The normalized spacial score (nSPS) is 10.9. The Bertz CT molecular complexity index is 947. The first kappa shape index (κ1) is 12.5. The molecule has 0 bridgehead atoms. The van der Waals surface area contributed by atoms with Crippen molar-refractivity contribution in [1.82, 2.24) is 15.2 Å². The van der Waals surface area contributed by atoms with Gasteiger partial charge in [-0.2, -0.15) is 0 Å². The zero-order valence-corrected chi connectivity index (χ0v) is 11.6. The number of aromatic nitrogens is 3. The molecule has 0 amide bonds. The van der Waals surface area contributed by atoms with Crippen LogP contribution in [0.1, 0.15) is 0 Å². The van der Waals surface area contributed by atoms with Crippen molar-refractivity contribution in [2.45, 2.75) is 0 Å². The standard InChI is InChI=1S/C17H12N4O/c18-17-19-15(11-4-2-1-3-5-11)16(20-21-17)13-6-7-14-12(10-13)8-9-22-14/h1-10H,(H2,18,19,21). The van der Waals surface area contributed by atoms with E-state index >= 15 is 0 Å². The van der Waals surface area contributed by atoms with E-state index < -0.39 is 0 Å². The van der Waals surface area contributed by atoms with Crippen LogP contribution < -0.4 is 5.73 Å². The lowest BCUT2D eigenvalue weighted by atomic mass is 10.0. The molecule has 0 aliphatic rings. The molecule has 106 valence electrons. The molecule has 0 atom stereocenters. The Morgan fingerprint density at radius 2 is 1.68 bits per heavy atom. The lowest BCUT2D eigenvalue weighted by Crippen LogP contribution is -2.02. The molecule has 0 unspecified atom stereocenters. The van der Waals surface area contributed by atoms with E-state index in [-0.39, 0.29) is 5.95 Å². The average Bonchev–Trinajstić information content (AvgIpc) is 3.03. The van der Waals surface area contributed by atoms with Crippen molar-refractivity contribution in [3.8, 4) is 22.5 Å². The molecular weight excluding hydrogens is 276 g/mol. The first-order valence-electron chi connectivity index (χ1n) is 6.84. The van der Waals surface area contributed by atoms with Gasteiger partial charge in [-0.05, 0) is 24.3 Å². The van der Waals surface area contributed by atoms with Gasteiger partial charge in [0.1, 0.15) is 17.0 Å². The SMILES string of the molecule is Nc1nnc(-c2ccc3occc3c2)c(-c2ccccc2)n1. The van der Waals surface area contributed by atoms with E-state index in [4.69, 9.17) is 10.2 Å². The number of hydrogen-bond donors (Lipinski definition) is 1. The van der Waals surface area contributed by atoms with E-state index in [0.717, 1.165) is 27.8 Å². The number of hydrogen-bond acceptors (Lipinski definition) is 5. The summed E-state index contributed by atoms with van der Waals surface area (Å²) in [6, 6.07) is 17.6. The van der Waals surface area contributed by atoms with Gasteiger partial charge in [-0.1, -0.05) is 30.3 Å². The Balaban J connectivity index is 1.94. The molecule has 2 aromatic heterocycles. The van der Waals surface area contributed by atoms with Crippen molar-refractivity contribution in [2.75, 3.05) is 5.73 Å². The molecule has 4 aromatic rings. The maximum Gasteiger partial charge on any atom is 0.240 e. The molecule has 0 aliphatic carbocycles. The van der Waals surface area contributed by atoms with Gasteiger partial charge in [-0.25, -0.2) is 4.98 Å². The Kier molecular flexibility index (Phi) is 2.83. The minimum absolute atomic E-state index is 0.159. The second-order valence-electron chi connectivity index (χ2n) is 4.91. The molecule has 2 aromatic carbocycles. The van der Waals surface area contributed by atoms with Crippen molar-refractivity contribution >= 4 is 16.9 Å². The molecule has 0 saturated carbocycles. The summed E-state index contributed by atoms with van der Waals surface area (Å²) in [5.41, 5.74) is 9.84. The first-order valence-corrected chi connectivity index (χ1v) is 6.84. The molecule has 22 heavy (non-hydrogen) atoms. The van der Waals surface area contributed by atoms with Crippen molar-refractivity contribution in [3.05, 3.63) is 60.9 Å². The van der Waals surface area contributed by atoms with E-state index in [2.05, 4.69) is 15.2 Å². The van der Waals surface area contributed by atoms with Crippen molar-refractivity contribution < 1.29 is 4.42 Å². The molecule has 0 fully saturated rings. The number of nitrogens with zero attached hydrogens (tertiary/aromatic N) is 3. The topological polar surface area (TPSA) is 77.8 Å². The Morgan fingerprint density at radius 3 is 2.55 bits per heavy atom. The largest absolute Gasteiger partial charge is 0.464 e. The summed E-state index contributed by atoms with van der Waals surface area (Å²) in [6.07, 6.45) is 1.67. The average molecular weight is 288 g/mol. The molecule has 2 N–H and O–H groups in total. The number of rotatable bonds is 2. The quantitative estimate of drug-likeness (QED) is 0.610. The van der Waals surface area contributed by atoms with Crippen LogP contribution in [-0.4, -0.2) is 15.2 Å². The van der Waals surface area contributed by atoms with Gasteiger partial charge in [-0.15, -0.1) is 10.2 Å². The predicted molar refractivity (Wildman–Crippen MR) is 84.9 cm³/mol. The van der Waals surface area contributed by atoms with E-state index in [1.807, 2.05) is 54.6 Å². The van der Waals surface area contributed by atoms with Crippen molar-refractivity contribution in [2.24, 2.45) is 0 Å². The highest BCUT2D eigenvalue weighted by molar-refractivity contribution is 5.86. The summed E-state index contributed by atoms with van der Waals surface area (Å²) in [5, 5.41) is 9.16. The van der Waals surface area contributed by atoms with Crippen LogP contribution in [0.2, 0.25) is 0 Å². The van der Waals surface area contributed by atoms with Gasteiger partial charge in [-0.3, -0.25) is 0 Å². The zero-order valence-electron chi connectivity index (χ0n) is 11.6. The molecular formula is C17H12N4O. The smallest absolute Gasteiger partial charge is 0.240 e. The molecule has 4 rings (SSSR count). The van der Waals surface area contributed by atoms with Gasteiger partial charge in [0.15, 0.2) is 0 Å². The Labute approximate surface area is 126 Å². The van der Waals surface area contributed by atoms with Crippen LogP contribution in [0, 0.1) is 0 Å². The van der Waals surface area contributed by atoms with Gasteiger partial charge in [0, 0.05) is 16.5 Å². The number of anilines is 1. The molecule has 0 aliphatic heterocycles. The fraction of sp³-hybridized carbons (Fsp3) is 0. The maximum atomic E-state index is 5.72. The summed E-state index contributed by atoms with van der Waals surface area (Å²) < 4.78 is 5.37. The number of fused-ring (bicyclic) bond motifs is 1. The third-order valence-corrected chi connectivity index (χ3v) is 3.48. The minimum atomic E-state index is 0.159. The maximum absolute atomic E-state index is 5.72. The molecule has 5 nitrogen and oxygen atoms in total. The summed E-state index contributed by atoms with van der Waals surface area (Å²) in [7, 11) is 0. The molecule has 0 radical (unpaired) electrons. The van der Waals surface area contributed by atoms with Crippen molar-refractivity contribution in [3.63, 3.8) is 0 Å². The molecule has 5 heteroatoms. The highest BCUT2D eigenvalue weighted by Crippen LogP contribution is 2.30. The van der Waals surface area contributed by atoms with E-state index in [0.29, 0.717) is 5.69 Å². The number of benzene rings is 2. The van der Waals surface area contributed by atoms with Gasteiger partial charge in [0.25, 0.3) is 0 Å². The van der Waals surface area contributed by atoms with Gasteiger partial charge in [0.05, 0.1) is 6.26 Å². The van der Waals surface area contributed by atoms with E-state index in [9.17, 15) is 0 Å². The molecule has 2 heterocycles. The lowest BCUT2D eigenvalue weighted by Gasteiger charge is -2.08. The van der Waals surface area contributed by atoms with Crippen LogP contribution in [0.15, 0.2) is 65.3 Å². The first-order chi connectivity index (χ1) is 10.8. The summed E-state index contributed by atoms with van der Waals surface area (Å²) >= 11 is 0. The van der Waals surface area contributed by atoms with Gasteiger partial charge < -0.3 is 10.2 Å². The molecule has 0 saturated heterocycles. The van der Waals surface area contributed by atoms with Crippen LogP contribution in [0.4, 0.5) is 5.95 Å². The van der Waals surface area contributed by atoms with Crippen LogP contribution >= 0.6 is 0 Å². The van der Waals surface area contributed by atoms with Crippen LogP contribution in [-0.2, 0) is 0 Å². The van der Waals surface area contributed by atoms with Crippen LogP contribution in [0.25, 0.3) is 33.5 Å². The van der Waals surface area contributed by atoms with Crippen LogP contribution in [0.3, 0.4) is 0 Å². The number of nitrogen functional groups attached to an aromatic ring is 1. The van der Waals surface area contributed by atoms with Crippen LogP contribution in [0.5, 0.6) is 0 Å². The summed E-state index contributed by atoms with van der Waals surface area (Å²) in [6.45, 7) is 0. The Hall–Kier alpha value is -3.21. The highest BCUT2D eigenvalue weighted by atomic mass is 16.3. The van der Waals surface area contributed by atoms with Gasteiger partial charge in [0.2, 0.25) is 5.95 Å². The third kappa shape index (κ3) is 2.09. The summed E-state index contributed by atoms with van der Waals surface area (Å²) in [4.78, 5) is 4.37. The number of furan rings is 1. The fourth-order valence-electron chi connectivity index (χ4n) is 2.44. The monoisotopic (exact) mass is 288 g/mol. The van der Waals surface area contributed by atoms with Gasteiger partial charge >= 0.3 is 0 Å². The third-order valence-electron chi connectivity index (χ3n) is 3.48. The molecule has 0 spiro atoms. The lowest BCUT2D eigenvalue weighted by molar-refractivity contribution is 0.616. The van der Waals surface area contributed by atoms with Crippen molar-refractivity contribution in [1.29, 1.82) is 0 Å². The zero-order chi connectivity index (χ0) is 14.9. The second-order valence-corrected chi connectivity index (χ2v) is 4.91. The number of nitrogens with two attached hydrogens (primary N) is 1.